The smallest absolute Gasteiger partial charge is 0.326 e. The third-order valence-electron chi connectivity index (χ3n) is 2.46. The van der Waals surface area contributed by atoms with Gasteiger partial charge in [-0.1, -0.05) is 0 Å². The number of rotatable bonds is 6. The van der Waals surface area contributed by atoms with Crippen molar-refractivity contribution < 1.29 is 24.6 Å². The lowest BCUT2D eigenvalue weighted by Crippen LogP contribution is -2.47. The molecule has 10 nitrogen and oxygen atoms in total. The summed E-state index contributed by atoms with van der Waals surface area (Å²) in [6, 6.07) is -2.81. The molecule has 20 heavy (non-hydrogen) atoms. The molecule has 1 aromatic heterocycles. The first kappa shape index (κ1) is 15.4. The minimum absolute atomic E-state index is 0.477. The summed E-state index contributed by atoms with van der Waals surface area (Å²) in [6.45, 7) is 1.64. The van der Waals surface area contributed by atoms with Crippen LogP contribution < -0.4 is 10.6 Å². The van der Waals surface area contributed by atoms with Crippen molar-refractivity contribution in [1.29, 1.82) is 0 Å². The Kier molecular flexibility index (Phi) is 5.01. The lowest BCUT2D eigenvalue weighted by molar-refractivity contribution is -0.145. The molecular formula is C10H15N5O5. The van der Waals surface area contributed by atoms with Crippen molar-refractivity contribution in [2.24, 2.45) is 7.05 Å². The summed E-state index contributed by atoms with van der Waals surface area (Å²) in [6.07, 6.45) is 0.747. The van der Waals surface area contributed by atoms with Crippen LogP contribution >= 0.6 is 0 Å². The summed E-state index contributed by atoms with van der Waals surface area (Å²) in [7, 11) is 1.69. The van der Waals surface area contributed by atoms with Gasteiger partial charge in [0.25, 0.3) is 0 Å². The highest BCUT2D eigenvalue weighted by Gasteiger charge is 2.24. The molecule has 1 unspecified atom stereocenters. The predicted octanol–water partition coefficient (Wildman–Crippen LogP) is -0.897. The van der Waals surface area contributed by atoms with E-state index in [1.165, 1.54) is 6.33 Å². The molecule has 0 aromatic carbocycles. The second-order valence-electron chi connectivity index (χ2n) is 4.13. The summed E-state index contributed by atoms with van der Waals surface area (Å²) in [5.41, 5.74) is 0. The molecule has 2 atom stereocenters. The predicted molar refractivity (Wildman–Crippen MR) is 64.8 cm³/mol. The van der Waals surface area contributed by atoms with Gasteiger partial charge < -0.3 is 25.4 Å². The van der Waals surface area contributed by atoms with Crippen LogP contribution in [0.1, 0.15) is 25.2 Å². The van der Waals surface area contributed by atoms with Crippen molar-refractivity contribution in [1.82, 2.24) is 25.4 Å². The van der Waals surface area contributed by atoms with Gasteiger partial charge in [0.1, 0.15) is 12.4 Å². The van der Waals surface area contributed by atoms with Crippen LogP contribution in [0.2, 0.25) is 0 Å². The van der Waals surface area contributed by atoms with Gasteiger partial charge in [0, 0.05) is 7.05 Å². The first-order valence-corrected chi connectivity index (χ1v) is 5.66. The van der Waals surface area contributed by atoms with Crippen LogP contribution in [0.15, 0.2) is 6.33 Å². The highest BCUT2D eigenvalue weighted by molar-refractivity contribution is 5.86. The normalized spacial score (nSPS) is 13.3. The van der Waals surface area contributed by atoms with Crippen molar-refractivity contribution in [3.63, 3.8) is 0 Å². The molecule has 1 heterocycles. The highest BCUT2D eigenvalue weighted by Crippen LogP contribution is 2.06. The molecule has 110 valence electrons. The second-order valence-corrected chi connectivity index (χ2v) is 4.13. The minimum Gasteiger partial charge on any atom is -0.481 e. The monoisotopic (exact) mass is 285 g/mol. The average molecular weight is 285 g/mol. The SMILES string of the molecule is CC(NC(=O)N[C@H](CC(=O)O)C(=O)O)c1nncn1C. The quantitative estimate of drug-likeness (QED) is 0.529. The molecule has 0 fully saturated rings. The van der Waals surface area contributed by atoms with E-state index in [2.05, 4.69) is 20.8 Å². The Hall–Kier alpha value is -2.65. The molecule has 0 saturated carbocycles. The molecular weight excluding hydrogens is 270 g/mol. The zero-order chi connectivity index (χ0) is 15.3. The third kappa shape index (κ3) is 4.23. The highest BCUT2D eigenvalue weighted by atomic mass is 16.4. The zero-order valence-electron chi connectivity index (χ0n) is 10.9. The number of nitrogens with one attached hydrogen (secondary N) is 2. The average Bonchev–Trinajstić information content (AvgIpc) is 2.73. The molecule has 2 amide bonds. The molecule has 0 spiro atoms. The van der Waals surface area contributed by atoms with Gasteiger partial charge in [0.05, 0.1) is 12.5 Å². The van der Waals surface area contributed by atoms with E-state index in [0.717, 1.165) is 0 Å². The number of nitrogens with zero attached hydrogens (tertiary/aromatic N) is 3. The minimum atomic E-state index is -1.50. The Bertz CT molecular complexity index is 514. The number of carboxylic acids is 2. The van der Waals surface area contributed by atoms with E-state index in [9.17, 15) is 14.4 Å². The fraction of sp³-hybridized carbons (Fsp3) is 0.500. The maximum absolute atomic E-state index is 11.6. The summed E-state index contributed by atoms with van der Waals surface area (Å²) >= 11 is 0. The zero-order valence-corrected chi connectivity index (χ0v) is 10.9. The first-order valence-electron chi connectivity index (χ1n) is 5.66. The fourth-order valence-corrected chi connectivity index (χ4v) is 1.52. The van der Waals surface area contributed by atoms with E-state index >= 15 is 0 Å². The Morgan fingerprint density at radius 1 is 1.35 bits per heavy atom. The van der Waals surface area contributed by atoms with Crippen LogP contribution in [0.4, 0.5) is 4.79 Å². The molecule has 4 N–H and O–H groups in total. The molecule has 0 radical (unpaired) electrons. The van der Waals surface area contributed by atoms with E-state index in [-0.39, 0.29) is 0 Å². The van der Waals surface area contributed by atoms with Crippen LogP contribution in [0.25, 0.3) is 0 Å². The van der Waals surface area contributed by atoms with E-state index < -0.39 is 36.5 Å². The molecule has 0 saturated heterocycles. The number of aromatic nitrogens is 3. The van der Waals surface area contributed by atoms with Gasteiger partial charge in [-0.05, 0) is 6.92 Å². The third-order valence-corrected chi connectivity index (χ3v) is 2.46. The van der Waals surface area contributed by atoms with Crippen molar-refractivity contribution in [3.05, 3.63) is 12.2 Å². The lowest BCUT2D eigenvalue weighted by atomic mass is 10.2. The van der Waals surface area contributed by atoms with E-state index in [4.69, 9.17) is 10.2 Å². The molecule has 0 aliphatic heterocycles. The van der Waals surface area contributed by atoms with Crippen molar-refractivity contribution >= 4 is 18.0 Å². The molecule has 1 rings (SSSR count). The van der Waals surface area contributed by atoms with E-state index in [0.29, 0.717) is 5.82 Å². The molecule has 0 aliphatic carbocycles. The van der Waals surface area contributed by atoms with Crippen LogP contribution in [-0.4, -0.2) is 49.0 Å². The fourth-order valence-electron chi connectivity index (χ4n) is 1.52. The standard InChI is InChI=1S/C10H15N5O5/c1-5(8-14-11-4-15(8)2)12-10(20)13-6(9(18)19)3-7(16)17/h4-6H,3H2,1-2H3,(H,16,17)(H,18,19)(H2,12,13,20)/t5?,6-/m1/s1. The van der Waals surface area contributed by atoms with Crippen LogP contribution in [0.5, 0.6) is 0 Å². The van der Waals surface area contributed by atoms with Gasteiger partial charge in [-0.25, -0.2) is 9.59 Å². The summed E-state index contributed by atoms with van der Waals surface area (Å²) in [5, 5.41) is 29.3. The Labute approximate surface area is 113 Å². The van der Waals surface area contributed by atoms with Gasteiger partial charge in [-0.3, -0.25) is 4.79 Å². The Balaban J connectivity index is 2.60. The van der Waals surface area contributed by atoms with Gasteiger partial charge in [0.15, 0.2) is 5.82 Å². The maximum Gasteiger partial charge on any atom is 0.326 e. The Morgan fingerprint density at radius 3 is 2.45 bits per heavy atom. The number of carboxylic acid groups (broad SMARTS) is 2. The first-order chi connectivity index (χ1) is 9.31. The number of urea groups is 1. The number of carbonyl (C=O) groups is 3. The van der Waals surface area contributed by atoms with Gasteiger partial charge in [-0.2, -0.15) is 0 Å². The number of aryl methyl sites for hydroxylation is 1. The maximum atomic E-state index is 11.6. The van der Waals surface area contributed by atoms with Crippen molar-refractivity contribution in [2.75, 3.05) is 0 Å². The van der Waals surface area contributed by atoms with Crippen LogP contribution in [-0.2, 0) is 16.6 Å². The van der Waals surface area contributed by atoms with Crippen molar-refractivity contribution in [3.8, 4) is 0 Å². The topological polar surface area (TPSA) is 146 Å². The van der Waals surface area contributed by atoms with E-state index in [1.807, 2.05) is 0 Å². The summed E-state index contributed by atoms with van der Waals surface area (Å²) in [5.74, 6) is -2.27. The molecule has 0 aliphatic rings. The number of carbonyl (C=O) groups excluding carboxylic acids is 1. The van der Waals surface area contributed by atoms with Gasteiger partial charge in [-0.15, -0.1) is 10.2 Å². The van der Waals surface area contributed by atoms with Crippen LogP contribution in [0, 0.1) is 0 Å². The second kappa shape index (κ2) is 6.50. The number of amides is 2. The summed E-state index contributed by atoms with van der Waals surface area (Å²) in [4.78, 5) is 32.9. The van der Waals surface area contributed by atoms with E-state index in [1.54, 1.807) is 18.5 Å². The largest absolute Gasteiger partial charge is 0.481 e. The number of aliphatic carboxylic acids is 2. The number of hydrogen-bond acceptors (Lipinski definition) is 5. The molecule has 0 bridgehead atoms. The van der Waals surface area contributed by atoms with Crippen LogP contribution in [0.3, 0.4) is 0 Å². The summed E-state index contributed by atoms with van der Waals surface area (Å²) < 4.78 is 1.59. The molecule has 1 aromatic rings. The Morgan fingerprint density at radius 2 is 2.00 bits per heavy atom. The lowest BCUT2D eigenvalue weighted by Gasteiger charge is -2.16. The van der Waals surface area contributed by atoms with Gasteiger partial charge in [0.2, 0.25) is 0 Å². The van der Waals surface area contributed by atoms with Gasteiger partial charge >= 0.3 is 18.0 Å². The molecule has 10 heteroatoms. The van der Waals surface area contributed by atoms with Crippen molar-refractivity contribution in [2.45, 2.75) is 25.4 Å². The number of hydrogen-bond donors (Lipinski definition) is 4.